The molecule has 0 bridgehead atoms. The predicted molar refractivity (Wildman–Crippen MR) is 95.0 cm³/mol. The summed E-state index contributed by atoms with van der Waals surface area (Å²) in [6.07, 6.45) is 5.37. The van der Waals surface area contributed by atoms with Crippen molar-refractivity contribution in [1.29, 1.82) is 0 Å². The van der Waals surface area contributed by atoms with E-state index in [0.29, 0.717) is 25.9 Å². The fraction of sp³-hybridized carbons (Fsp3) is 0.650. The van der Waals surface area contributed by atoms with Gasteiger partial charge in [-0.3, -0.25) is 14.6 Å². The number of pyridine rings is 1. The first kappa shape index (κ1) is 18.3. The molecule has 1 N–H and O–H groups in total. The van der Waals surface area contributed by atoms with Gasteiger partial charge < -0.3 is 10.2 Å². The van der Waals surface area contributed by atoms with Crippen LogP contribution in [0.1, 0.15) is 44.2 Å². The van der Waals surface area contributed by atoms with Crippen LogP contribution in [0.2, 0.25) is 0 Å². The summed E-state index contributed by atoms with van der Waals surface area (Å²) >= 11 is 0. The minimum Gasteiger partial charge on any atom is -0.347 e. The van der Waals surface area contributed by atoms with Gasteiger partial charge in [0.15, 0.2) is 0 Å². The number of amides is 2. The first-order valence-corrected chi connectivity index (χ1v) is 9.76. The third-order valence-corrected chi connectivity index (χ3v) is 6.61. The van der Waals surface area contributed by atoms with Gasteiger partial charge in [0, 0.05) is 42.7 Å². The third kappa shape index (κ3) is 3.44. The van der Waals surface area contributed by atoms with E-state index in [0.717, 1.165) is 25.0 Å². The summed E-state index contributed by atoms with van der Waals surface area (Å²) in [5.74, 6) is -3.29. The second kappa shape index (κ2) is 6.84. The molecule has 27 heavy (non-hydrogen) atoms. The van der Waals surface area contributed by atoms with Crippen molar-refractivity contribution in [2.45, 2.75) is 56.9 Å². The lowest BCUT2D eigenvalue weighted by molar-refractivity contribution is -0.142. The van der Waals surface area contributed by atoms with E-state index < -0.39 is 12.0 Å². The Hall–Kier alpha value is -2.05. The summed E-state index contributed by atoms with van der Waals surface area (Å²) in [5.41, 5.74) is 0.472. The topological polar surface area (TPSA) is 62.3 Å². The Kier molecular flexibility index (Phi) is 4.64. The summed E-state index contributed by atoms with van der Waals surface area (Å²) in [6.45, 7) is 1.16. The summed E-state index contributed by atoms with van der Waals surface area (Å²) in [5, 5.41) is 2.58. The number of carbonyl (C=O) groups is 2. The van der Waals surface area contributed by atoms with Gasteiger partial charge in [0.2, 0.25) is 11.8 Å². The molecular formula is C20H25F2N3O2. The van der Waals surface area contributed by atoms with Crippen molar-refractivity contribution in [3.05, 3.63) is 30.1 Å². The second-order valence-electron chi connectivity index (χ2n) is 8.23. The molecular weight excluding hydrogens is 352 g/mol. The molecule has 0 aromatic carbocycles. The van der Waals surface area contributed by atoms with E-state index in [-0.39, 0.29) is 36.0 Å². The Morgan fingerprint density at radius 1 is 1.22 bits per heavy atom. The molecule has 1 aliphatic heterocycles. The third-order valence-electron chi connectivity index (χ3n) is 6.61. The van der Waals surface area contributed by atoms with Crippen LogP contribution in [0.3, 0.4) is 0 Å². The number of halogens is 2. The number of nitrogens with zero attached hydrogens (tertiary/aromatic N) is 2. The summed E-state index contributed by atoms with van der Waals surface area (Å²) in [4.78, 5) is 31.4. The number of hydrogen-bond acceptors (Lipinski definition) is 3. The molecule has 5 nitrogen and oxygen atoms in total. The fourth-order valence-corrected chi connectivity index (χ4v) is 4.87. The number of aromatic nitrogens is 1. The van der Waals surface area contributed by atoms with Crippen LogP contribution in [-0.2, 0) is 16.0 Å². The van der Waals surface area contributed by atoms with Gasteiger partial charge in [0.05, 0.1) is 12.5 Å². The first-order valence-electron chi connectivity index (χ1n) is 9.76. The second-order valence-corrected chi connectivity index (χ2v) is 8.23. The van der Waals surface area contributed by atoms with Crippen LogP contribution in [0.4, 0.5) is 8.78 Å². The number of nitrogens with one attached hydrogen (secondary N) is 1. The Bertz CT molecular complexity index is 727. The standard InChI is InChI=1S/C20H25F2N3O2/c21-20(22)8-6-16(20)24-18(27)15-5-3-7-19(15)9-11-25(13-19)17(26)12-14-4-1-2-10-23-14/h1-2,4,10,15-16H,3,5-9,11-13H2,(H,24,27)/t15-,16+,19+/m0/s1. The maximum Gasteiger partial charge on any atom is 0.267 e. The maximum atomic E-state index is 13.5. The zero-order valence-electron chi connectivity index (χ0n) is 15.3. The lowest BCUT2D eigenvalue weighted by atomic mass is 9.76. The van der Waals surface area contributed by atoms with Crippen molar-refractivity contribution in [2.24, 2.45) is 11.3 Å². The smallest absolute Gasteiger partial charge is 0.267 e. The van der Waals surface area contributed by atoms with Gasteiger partial charge in [-0.25, -0.2) is 8.78 Å². The highest BCUT2D eigenvalue weighted by atomic mass is 19.3. The molecule has 1 spiro atoms. The number of hydrogen-bond donors (Lipinski definition) is 1. The van der Waals surface area contributed by atoms with Crippen LogP contribution in [-0.4, -0.2) is 46.8 Å². The van der Waals surface area contributed by atoms with Gasteiger partial charge >= 0.3 is 0 Å². The van der Waals surface area contributed by atoms with E-state index in [1.54, 1.807) is 6.20 Å². The van der Waals surface area contributed by atoms with Crippen molar-refractivity contribution < 1.29 is 18.4 Å². The van der Waals surface area contributed by atoms with Crippen molar-refractivity contribution >= 4 is 11.8 Å². The summed E-state index contributed by atoms with van der Waals surface area (Å²) in [7, 11) is 0. The zero-order valence-corrected chi connectivity index (χ0v) is 15.3. The van der Waals surface area contributed by atoms with E-state index in [2.05, 4.69) is 10.3 Å². The lowest BCUT2D eigenvalue weighted by Crippen LogP contribution is -2.57. The summed E-state index contributed by atoms with van der Waals surface area (Å²) < 4.78 is 27.0. The highest BCUT2D eigenvalue weighted by Crippen LogP contribution is 2.50. The van der Waals surface area contributed by atoms with Crippen molar-refractivity contribution in [3.63, 3.8) is 0 Å². The molecule has 1 saturated heterocycles. The zero-order chi connectivity index (χ0) is 19.1. The first-order chi connectivity index (χ1) is 12.9. The number of likely N-dealkylation sites (tertiary alicyclic amines) is 1. The maximum absolute atomic E-state index is 13.5. The monoisotopic (exact) mass is 377 g/mol. The highest BCUT2D eigenvalue weighted by Gasteiger charge is 2.54. The van der Waals surface area contributed by atoms with E-state index >= 15 is 0 Å². The van der Waals surface area contributed by atoms with Crippen LogP contribution in [0.15, 0.2) is 24.4 Å². The van der Waals surface area contributed by atoms with Crippen LogP contribution >= 0.6 is 0 Å². The van der Waals surface area contributed by atoms with Crippen molar-refractivity contribution in [2.75, 3.05) is 13.1 Å². The van der Waals surface area contributed by atoms with E-state index in [9.17, 15) is 18.4 Å². The minimum atomic E-state index is -2.78. The van der Waals surface area contributed by atoms with Gasteiger partial charge in [-0.15, -0.1) is 0 Å². The highest BCUT2D eigenvalue weighted by molar-refractivity contribution is 5.82. The molecule has 7 heteroatoms. The quantitative estimate of drug-likeness (QED) is 0.877. The molecule has 2 saturated carbocycles. The molecule has 2 heterocycles. The molecule has 2 aliphatic carbocycles. The lowest BCUT2D eigenvalue weighted by Gasteiger charge is -2.39. The largest absolute Gasteiger partial charge is 0.347 e. The molecule has 1 aromatic rings. The fourth-order valence-electron chi connectivity index (χ4n) is 4.87. The molecule has 0 radical (unpaired) electrons. The number of alkyl halides is 2. The average Bonchev–Trinajstić information content (AvgIpc) is 3.27. The Morgan fingerprint density at radius 3 is 2.74 bits per heavy atom. The Labute approximate surface area is 157 Å². The molecule has 0 unspecified atom stereocenters. The van der Waals surface area contributed by atoms with Gasteiger partial charge in [0.1, 0.15) is 0 Å². The van der Waals surface area contributed by atoms with Crippen LogP contribution in [0.25, 0.3) is 0 Å². The Morgan fingerprint density at radius 2 is 2.07 bits per heavy atom. The summed E-state index contributed by atoms with van der Waals surface area (Å²) in [6, 6.07) is 4.47. The number of rotatable bonds is 4. The van der Waals surface area contributed by atoms with Crippen LogP contribution < -0.4 is 5.32 Å². The molecule has 146 valence electrons. The van der Waals surface area contributed by atoms with Gasteiger partial charge in [-0.1, -0.05) is 12.5 Å². The normalized spacial score (nSPS) is 31.7. The van der Waals surface area contributed by atoms with Gasteiger partial charge in [0.25, 0.3) is 5.92 Å². The SMILES string of the molecule is O=C(N[C@@H]1CCC1(F)F)[C@@H]1CCC[C@]12CCN(C(=O)Cc1ccccn1)C2. The molecule has 1 aromatic heterocycles. The van der Waals surface area contributed by atoms with Crippen molar-refractivity contribution in [1.82, 2.24) is 15.2 Å². The van der Waals surface area contributed by atoms with Gasteiger partial charge in [-0.2, -0.15) is 0 Å². The van der Waals surface area contributed by atoms with E-state index in [1.165, 1.54) is 0 Å². The van der Waals surface area contributed by atoms with Crippen LogP contribution in [0.5, 0.6) is 0 Å². The van der Waals surface area contributed by atoms with Crippen molar-refractivity contribution in [3.8, 4) is 0 Å². The Balaban J connectivity index is 1.39. The van der Waals surface area contributed by atoms with Crippen LogP contribution in [0, 0.1) is 11.3 Å². The molecule has 3 fully saturated rings. The van der Waals surface area contributed by atoms with E-state index in [1.807, 2.05) is 23.1 Å². The molecule has 2 amide bonds. The number of carbonyl (C=O) groups excluding carboxylic acids is 2. The average molecular weight is 377 g/mol. The molecule has 4 rings (SSSR count). The van der Waals surface area contributed by atoms with E-state index in [4.69, 9.17) is 0 Å². The predicted octanol–water partition coefficient (Wildman–Crippen LogP) is 2.56. The molecule has 3 aliphatic rings. The molecule has 3 atom stereocenters. The van der Waals surface area contributed by atoms with Gasteiger partial charge in [-0.05, 0) is 37.8 Å². The minimum absolute atomic E-state index is 0.0159.